The highest BCUT2D eigenvalue weighted by Crippen LogP contribution is 2.39. The molecular formula is C19H16ClF3N4O3S2. The molecule has 13 heteroatoms. The molecule has 1 N–H and O–H groups in total. The van der Waals surface area contributed by atoms with Crippen LogP contribution in [0.1, 0.15) is 29.8 Å². The molecule has 32 heavy (non-hydrogen) atoms. The zero-order valence-corrected chi connectivity index (χ0v) is 18.9. The number of rotatable bonds is 7. The molecule has 4 rings (SSSR count). The Balaban J connectivity index is 1.89. The fourth-order valence-corrected chi connectivity index (χ4v) is 5.61. The molecule has 3 aromatic heterocycles. The maximum absolute atomic E-state index is 13.3. The van der Waals surface area contributed by atoms with Gasteiger partial charge >= 0.3 is 0 Å². The molecular weight excluding hydrogens is 489 g/mol. The van der Waals surface area contributed by atoms with Crippen molar-refractivity contribution in [1.29, 1.82) is 0 Å². The van der Waals surface area contributed by atoms with Crippen LogP contribution in [0.2, 0.25) is 5.02 Å². The Morgan fingerprint density at radius 2 is 2.12 bits per heavy atom. The summed E-state index contributed by atoms with van der Waals surface area (Å²) in [6.07, 6.45) is -0.729. The van der Waals surface area contributed by atoms with Gasteiger partial charge < -0.3 is 9.14 Å². The van der Waals surface area contributed by atoms with Crippen LogP contribution in [0, 0.1) is 11.8 Å². The van der Waals surface area contributed by atoms with Crippen LogP contribution in [-0.4, -0.2) is 48.9 Å². The number of sulfonamides is 1. The zero-order valence-electron chi connectivity index (χ0n) is 16.5. The molecule has 3 heterocycles. The second-order valence-corrected chi connectivity index (χ2v) is 10.3. The van der Waals surface area contributed by atoms with Crippen molar-refractivity contribution >= 4 is 38.5 Å². The van der Waals surface area contributed by atoms with Crippen LogP contribution in [0.25, 0.3) is 16.2 Å². The number of hydrogen-bond donors (Lipinski definition) is 1. The van der Waals surface area contributed by atoms with Crippen molar-refractivity contribution in [2.45, 2.75) is 29.7 Å². The molecule has 0 spiro atoms. The van der Waals surface area contributed by atoms with E-state index in [1.165, 1.54) is 23.8 Å². The third-order valence-corrected chi connectivity index (χ3v) is 7.63. The first-order chi connectivity index (χ1) is 15.2. The van der Waals surface area contributed by atoms with Crippen LogP contribution in [-0.2, 0) is 14.8 Å². The van der Waals surface area contributed by atoms with Gasteiger partial charge in [0.1, 0.15) is 18.2 Å². The molecule has 0 amide bonds. The van der Waals surface area contributed by atoms with Gasteiger partial charge in [-0.25, -0.2) is 26.3 Å². The lowest BCUT2D eigenvalue weighted by molar-refractivity contribution is 0.150. The molecule has 0 aromatic carbocycles. The second-order valence-electron chi connectivity index (χ2n) is 7.19. The van der Waals surface area contributed by atoms with Crippen LogP contribution >= 0.6 is 22.9 Å². The van der Waals surface area contributed by atoms with Crippen LogP contribution in [0.3, 0.4) is 0 Å². The van der Waals surface area contributed by atoms with Crippen molar-refractivity contribution in [1.82, 2.24) is 19.3 Å². The van der Waals surface area contributed by atoms with E-state index in [1.54, 1.807) is 6.07 Å². The molecule has 1 aliphatic carbocycles. The Labute approximate surface area is 190 Å². The molecule has 7 nitrogen and oxygen atoms in total. The number of alkyl halides is 3. The van der Waals surface area contributed by atoms with E-state index in [1.807, 2.05) is 0 Å². The number of nitrogens with zero attached hydrogens (tertiary/aromatic N) is 3. The normalized spacial score (nSPS) is 15.2. The molecule has 1 aliphatic rings. The predicted octanol–water partition coefficient (Wildman–Crippen LogP) is 3.83. The highest BCUT2D eigenvalue weighted by molar-refractivity contribution is 7.89. The summed E-state index contributed by atoms with van der Waals surface area (Å²) < 4.78 is 73.8. The number of fused-ring (bicyclic) bond motifs is 1. The van der Waals surface area contributed by atoms with Crippen LogP contribution in [0.5, 0.6) is 0 Å². The molecule has 0 bridgehead atoms. The molecule has 0 atom stereocenters. The maximum Gasteiger partial charge on any atom is 0.291 e. The fraction of sp³-hybridized carbons (Fsp3) is 0.368. The van der Waals surface area contributed by atoms with Crippen LogP contribution in [0.15, 0.2) is 23.2 Å². The maximum atomic E-state index is 13.3. The summed E-state index contributed by atoms with van der Waals surface area (Å²) in [7, 11) is -2.63. The molecule has 0 unspecified atom stereocenters. The first kappa shape index (κ1) is 23.0. The van der Waals surface area contributed by atoms with E-state index >= 15 is 0 Å². The van der Waals surface area contributed by atoms with Gasteiger partial charge in [0.15, 0.2) is 10.0 Å². The lowest BCUT2D eigenvalue weighted by Gasteiger charge is -2.15. The van der Waals surface area contributed by atoms with Crippen molar-refractivity contribution in [2.24, 2.45) is 0 Å². The summed E-state index contributed by atoms with van der Waals surface area (Å²) in [5, 5.41) is 7.02. The summed E-state index contributed by atoms with van der Waals surface area (Å²) in [6.45, 7) is -0.683. The topological polar surface area (TPSA) is 85.6 Å². The van der Waals surface area contributed by atoms with E-state index in [-0.39, 0.29) is 27.2 Å². The zero-order chi connectivity index (χ0) is 23.1. The van der Waals surface area contributed by atoms with E-state index in [2.05, 4.69) is 26.8 Å². The van der Waals surface area contributed by atoms with Crippen molar-refractivity contribution in [3.63, 3.8) is 0 Å². The summed E-state index contributed by atoms with van der Waals surface area (Å²) in [5.41, 5.74) is -0.0152. The average Bonchev–Trinajstić information content (AvgIpc) is 3.17. The monoisotopic (exact) mass is 504 g/mol. The lowest BCUT2D eigenvalue weighted by atomic mass is 10.2. The largest absolute Gasteiger partial charge is 0.372 e. The molecule has 0 radical (unpaired) electrons. The average molecular weight is 505 g/mol. The minimum absolute atomic E-state index is 0.0598. The quantitative estimate of drug-likeness (QED) is 0.494. The number of pyridine rings is 1. The fourth-order valence-electron chi connectivity index (χ4n) is 3.06. The van der Waals surface area contributed by atoms with E-state index in [4.69, 9.17) is 16.3 Å². The van der Waals surface area contributed by atoms with Crippen molar-refractivity contribution in [3.8, 4) is 22.5 Å². The highest BCUT2D eigenvalue weighted by Gasteiger charge is 2.46. The number of hydrogen-bond acceptors (Lipinski definition) is 6. The molecule has 0 saturated heterocycles. The Bertz CT molecular complexity index is 1340. The van der Waals surface area contributed by atoms with Gasteiger partial charge in [-0.3, -0.25) is 0 Å². The van der Waals surface area contributed by atoms with Crippen molar-refractivity contribution in [2.75, 3.05) is 20.4 Å². The van der Waals surface area contributed by atoms with Crippen molar-refractivity contribution < 1.29 is 26.3 Å². The summed E-state index contributed by atoms with van der Waals surface area (Å²) in [6, 6.07) is 2.80. The minimum atomic E-state index is -4.10. The SMILES string of the molecule is COCC#Cc1cc(-c2nnc(C(F)F)s2)n2cc(S(=O)(=O)NC3(CF)CC3)cc(Cl)c12. The smallest absolute Gasteiger partial charge is 0.291 e. The summed E-state index contributed by atoms with van der Waals surface area (Å²) in [4.78, 5) is -0.207. The van der Waals surface area contributed by atoms with Crippen LogP contribution < -0.4 is 4.72 Å². The minimum Gasteiger partial charge on any atom is -0.372 e. The van der Waals surface area contributed by atoms with E-state index in [0.717, 1.165) is 0 Å². The molecule has 170 valence electrons. The molecule has 1 saturated carbocycles. The van der Waals surface area contributed by atoms with Gasteiger partial charge in [0.2, 0.25) is 10.0 Å². The first-order valence-electron chi connectivity index (χ1n) is 9.24. The number of aromatic nitrogens is 3. The Hall–Kier alpha value is -2.17. The lowest BCUT2D eigenvalue weighted by Crippen LogP contribution is -2.38. The third-order valence-electron chi connectivity index (χ3n) is 4.84. The second kappa shape index (κ2) is 8.64. The van der Waals surface area contributed by atoms with Gasteiger partial charge in [0.25, 0.3) is 6.43 Å². The number of methoxy groups -OCH3 is 1. The first-order valence-corrected chi connectivity index (χ1v) is 11.9. The summed E-state index contributed by atoms with van der Waals surface area (Å²) in [5.74, 6) is 5.66. The van der Waals surface area contributed by atoms with Crippen LogP contribution in [0.4, 0.5) is 13.2 Å². The standard InChI is InChI=1S/C19H16ClF3N4O3S2/c1-30-6-2-3-11-7-14(17-24-25-18(31-17)16(22)23)27-9-12(8-13(20)15(11)27)32(28,29)26-19(10-21)4-5-19/h7-9,16,26H,4-6,10H2,1H3. The molecule has 1 fully saturated rings. The predicted molar refractivity (Wildman–Crippen MR) is 113 cm³/mol. The Kier molecular flexibility index (Phi) is 6.21. The van der Waals surface area contributed by atoms with Gasteiger partial charge in [0.05, 0.1) is 27.3 Å². The van der Waals surface area contributed by atoms with E-state index in [0.29, 0.717) is 35.3 Å². The Morgan fingerprint density at radius 3 is 2.72 bits per heavy atom. The Morgan fingerprint density at radius 1 is 1.38 bits per heavy atom. The third kappa shape index (κ3) is 4.35. The highest BCUT2D eigenvalue weighted by atomic mass is 35.5. The summed E-state index contributed by atoms with van der Waals surface area (Å²) >= 11 is 7.09. The molecule has 0 aliphatic heterocycles. The van der Waals surface area contributed by atoms with Gasteiger partial charge in [-0.15, -0.1) is 10.2 Å². The van der Waals surface area contributed by atoms with Gasteiger partial charge in [-0.1, -0.05) is 34.8 Å². The number of nitrogens with one attached hydrogen (secondary N) is 1. The van der Waals surface area contributed by atoms with E-state index in [9.17, 15) is 21.6 Å². The molecule has 3 aromatic rings. The number of halogens is 4. The number of ether oxygens (including phenoxy) is 1. The van der Waals surface area contributed by atoms with Crippen molar-refractivity contribution in [3.05, 3.63) is 33.9 Å². The van der Waals surface area contributed by atoms with Gasteiger partial charge in [-0.05, 0) is 25.0 Å². The van der Waals surface area contributed by atoms with E-state index < -0.39 is 33.7 Å². The van der Waals surface area contributed by atoms with Gasteiger partial charge in [-0.2, -0.15) is 0 Å². The van der Waals surface area contributed by atoms with Gasteiger partial charge in [0, 0.05) is 13.3 Å².